The SMILES string of the molecule is Cc1nc(C(C)C)[nH]c(=O)c1C(=O)NC1CN(C)NC1=O. The number of rotatable bonds is 3. The number of hydrogen-bond donors (Lipinski definition) is 3. The third-order valence-electron chi connectivity index (χ3n) is 3.27. The standard InChI is InChI=1S/C13H19N5O3/c1-6(2)10-14-7(3)9(13(21)16-10)12(20)15-8-5-18(4)17-11(8)19/h6,8H,5H2,1-4H3,(H,15,20)(H,17,19)(H,14,16,21). The van der Waals surface area contributed by atoms with Gasteiger partial charge in [-0.15, -0.1) is 0 Å². The lowest BCUT2D eigenvalue weighted by atomic mass is 10.1. The van der Waals surface area contributed by atoms with Gasteiger partial charge in [-0.25, -0.2) is 9.99 Å². The van der Waals surface area contributed by atoms with Crippen molar-refractivity contribution in [3.05, 3.63) is 27.4 Å². The van der Waals surface area contributed by atoms with Crippen molar-refractivity contribution in [2.45, 2.75) is 32.7 Å². The number of nitrogens with zero attached hydrogens (tertiary/aromatic N) is 2. The first-order valence-electron chi connectivity index (χ1n) is 6.73. The number of aromatic nitrogens is 2. The van der Waals surface area contributed by atoms with Gasteiger partial charge in [-0.1, -0.05) is 13.8 Å². The third-order valence-corrected chi connectivity index (χ3v) is 3.27. The summed E-state index contributed by atoms with van der Waals surface area (Å²) in [6, 6.07) is -0.675. The number of H-pyrrole nitrogens is 1. The van der Waals surface area contributed by atoms with E-state index < -0.39 is 17.5 Å². The third kappa shape index (κ3) is 3.10. The number of nitrogens with one attached hydrogen (secondary N) is 3. The van der Waals surface area contributed by atoms with Crippen molar-refractivity contribution in [2.75, 3.05) is 13.6 Å². The molecule has 3 N–H and O–H groups in total. The van der Waals surface area contributed by atoms with Gasteiger partial charge in [-0.2, -0.15) is 0 Å². The Morgan fingerprint density at radius 1 is 1.43 bits per heavy atom. The monoisotopic (exact) mass is 293 g/mol. The number of likely N-dealkylation sites (N-methyl/N-ethyl adjacent to an activating group) is 1. The molecule has 0 aromatic carbocycles. The summed E-state index contributed by atoms with van der Waals surface area (Å²) in [6.45, 7) is 5.75. The second kappa shape index (κ2) is 5.65. The van der Waals surface area contributed by atoms with Crippen molar-refractivity contribution < 1.29 is 9.59 Å². The zero-order valence-corrected chi connectivity index (χ0v) is 12.5. The molecule has 1 aromatic heterocycles. The lowest BCUT2D eigenvalue weighted by Gasteiger charge is -2.12. The summed E-state index contributed by atoms with van der Waals surface area (Å²) in [7, 11) is 1.70. The van der Waals surface area contributed by atoms with Gasteiger partial charge in [0.2, 0.25) is 0 Å². The molecule has 8 heteroatoms. The molecule has 1 aromatic rings. The number of aryl methyl sites for hydroxylation is 1. The molecule has 1 aliphatic rings. The highest BCUT2D eigenvalue weighted by Gasteiger charge is 2.31. The number of hydrogen-bond acceptors (Lipinski definition) is 5. The minimum Gasteiger partial charge on any atom is -0.339 e. The zero-order valence-electron chi connectivity index (χ0n) is 12.5. The second-order valence-electron chi connectivity index (χ2n) is 5.45. The molecule has 114 valence electrons. The van der Waals surface area contributed by atoms with Crippen LogP contribution in [0.25, 0.3) is 0 Å². The molecule has 0 saturated carbocycles. The van der Waals surface area contributed by atoms with Gasteiger partial charge < -0.3 is 10.3 Å². The number of carbonyl (C=O) groups is 2. The van der Waals surface area contributed by atoms with E-state index >= 15 is 0 Å². The lowest BCUT2D eigenvalue weighted by Crippen LogP contribution is -2.44. The summed E-state index contributed by atoms with van der Waals surface area (Å²) in [5.41, 5.74) is 2.36. The molecule has 0 radical (unpaired) electrons. The van der Waals surface area contributed by atoms with Crippen molar-refractivity contribution in [1.29, 1.82) is 0 Å². The van der Waals surface area contributed by atoms with Gasteiger partial charge in [-0.05, 0) is 6.92 Å². The zero-order chi connectivity index (χ0) is 15.7. The van der Waals surface area contributed by atoms with Crippen LogP contribution in [-0.4, -0.2) is 46.4 Å². The van der Waals surface area contributed by atoms with E-state index in [1.807, 2.05) is 13.8 Å². The second-order valence-corrected chi connectivity index (χ2v) is 5.45. The Hall–Kier alpha value is -2.22. The van der Waals surface area contributed by atoms with E-state index in [4.69, 9.17) is 0 Å². The molecule has 1 atom stereocenters. The fourth-order valence-corrected chi connectivity index (χ4v) is 2.16. The minimum atomic E-state index is -0.675. The molecule has 1 saturated heterocycles. The first kappa shape index (κ1) is 15.2. The van der Waals surface area contributed by atoms with Crippen molar-refractivity contribution in [3.8, 4) is 0 Å². The predicted octanol–water partition coefficient (Wildman–Crippen LogP) is -0.723. The molecular weight excluding hydrogens is 274 g/mol. The maximum Gasteiger partial charge on any atom is 0.264 e. The van der Waals surface area contributed by atoms with Crippen LogP contribution < -0.4 is 16.3 Å². The molecule has 0 aliphatic carbocycles. The number of aromatic amines is 1. The largest absolute Gasteiger partial charge is 0.339 e. The van der Waals surface area contributed by atoms with E-state index in [0.717, 1.165) is 0 Å². The molecule has 8 nitrogen and oxygen atoms in total. The number of amides is 2. The molecular formula is C13H19N5O3. The van der Waals surface area contributed by atoms with E-state index in [0.29, 0.717) is 18.1 Å². The Balaban J connectivity index is 2.24. The molecule has 1 unspecified atom stereocenters. The predicted molar refractivity (Wildman–Crippen MR) is 75.7 cm³/mol. The molecule has 21 heavy (non-hydrogen) atoms. The first-order valence-corrected chi connectivity index (χ1v) is 6.73. The first-order chi connectivity index (χ1) is 9.79. The van der Waals surface area contributed by atoms with Crippen LogP contribution >= 0.6 is 0 Å². The summed E-state index contributed by atoms with van der Waals surface area (Å²) < 4.78 is 0. The van der Waals surface area contributed by atoms with E-state index in [1.165, 1.54) is 0 Å². The molecule has 0 spiro atoms. The molecule has 2 heterocycles. The summed E-state index contributed by atoms with van der Waals surface area (Å²) in [5, 5.41) is 4.13. The van der Waals surface area contributed by atoms with E-state index in [2.05, 4.69) is 20.7 Å². The van der Waals surface area contributed by atoms with Crippen LogP contribution in [0.15, 0.2) is 4.79 Å². The summed E-state index contributed by atoms with van der Waals surface area (Å²) >= 11 is 0. The van der Waals surface area contributed by atoms with Crippen LogP contribution in [0.2, 0.25) is 0 Å². The van der Waals surface area contributed by atoms with Crippen LogP contribution in [0, 0.1) is 6.92 Å². The van der Waals surface area contributed by atoms with E-state index in [-0.39, 0.29) is 17.4 Å². The highest BCUT2D eigenvalue weighted by atomic mass is 16.2. The molecule has 0 bridgehead atoms. The maximum absolute atomic E-state index is 12.2. The van der Waals surface area contributed by atoms with Crippen LogP contribution in [0.1, 0.15) is 41.6 Å². The molecule has 1 aliphatic heterocycles. The van der Waals surface area contributed by atoms with Gasteiger partial charge in [-0.3, -0.25) is 19.8 Å². The molecule has 1 fully saturated rings. The number of carbonyl (C=O) groups excluding carboxylic acids is 2. The Labute approximate surface area is 121 Å². The van der Waals surface area contributed by atoms with Gasteiger partial charge in [0.25, 0.3) is 17.4 Å². The van der Waals surface area contributed by atoms with Crippen molar-refractivity contribution in [2.24, 2.45) is 0 Å². The van der Waals surface area contributed by atoms with Gasteiger partial charge in [0.15, 0.2) is 0 Å². The van der Waals surface area contributed by atoms with Crippen LogP contribution in [-0.2, 0) is 4.79 Å². The Morgan fingerprint density at radius 2 is 2.10 bits per heavy atom. The average Bonchev–Trinajstić information content (AvgIpc) is 2.66. The number of hydrazine groups is 1. The highest BCUT2D eigenvalue weighted by Crippen LogP contribution is 2.09. The Kier molecular flexibility index (Phi) is 4.08. The fourth-order valence-electron chi connectivity index (χ4n) is 2.16. The quantitative estimate of drug-likeness (QED) is 0.681. The normalized spacial score (nSPS) is 18.9. The topological polar surface area (TPSA) is 107 Å². The van der Waals surface area contributed by atoms with Crippen LogP contribution in [0.4, 0.5) is 0 Å². The Morgan fingerprint density at radius 3 is 2.57 bits per heavy atom. The van der Waals surface area contributed by atoms with Gasteiger partial charge in [0, 0.05) is 19.5 Å². The van der Waals surface area contributed by atoms with Gasteiger partial charge in [0.05, 0.1) is 5.69 Å². The smallest absolute Gasteiger partial charge is 0.264 e. The Bertz CT molecular complexity index is 637. The van der Waals surface area contributed by atoms with Crippen molar-refractivity contribution >= 4 is 11.8 Å². The average molecular weight is 293 g/mol. The van der Waals surface area contributed by atoms with E-state index in [9.17, 15) is 14.4 Å². The lowest BCUT2D eigenvalue weighted by molar-refractivity contribution is -0.122. The maximum atomic E-state index is 12.2. The summed E-state index contributed by atoms with van der Waals surface area (Å²) in [5.74, 6) is -0.297. The fraction of sp³-hybridized carbons (Fsp3) is 0.538. The van der Waals surface area contributed by atoms with Crippen molar-refractivity contribution in [3.63, 3.8) is 0 Å². The van der Waals surface area contributed by atoms with Crippen LogP contribution in [0.3, 0.4) is 0 Å². The van der Waals surface area contributed by atoms with Crippen molar-refractivity contribution in [1.82, 2.24) is 25.7 Å². The summed E-state index contributed by atoms with van der Waals surface area (Å²) in [4.78, 5) is 42.7. The molecule has 2 amide bonds. The highest BCUT2D eigenvalue weighted by molar-refractivity contribution is 5.98. The van der Waals surface area contributed by atoms with E-state index in [1.54, 1.807) is 19.0 Å². The van der Waals surface area contributed by atoms with Crippen LogP contribution in [0.5, 0.6) is 0 Å². The molecule has 2 rings (SSSR count). The van der Waals surface area contributed by atoms with Gasteiger partial charge in [0.1, 0.15) is 17.4 Å². The minimum absolute atomic E-state index is 0.0539. The van der Waals surface area contributed by atoms with Gasteiger partial charge >= 0.3 is 0 Å². The summed E-state index contributed by atoms with van der Waals surface area (Å²) in [6.07, 6.45) is 0.